The predicted octanol–water partition coefficient (Wildman–Crippen LogP) is 2.24. The van der Waals surface area contributed by atoms with Gasteiger partial charge in [-0.15, -0.1) is 0 Å². The molecule has 0 amide bonds. The summed E-state index contributed by atoms with van der Waals surface area (Å²) in [4.78, 5) is 0. The van der Waals surface area contributed by atoms with Crippen LogP contribution in [0.4, 0.5) is 0 Å². The zero-order chi connectivity index (χ0) is 9.42. The highest BCUT2D eigenvalue weighted by Crippen LogP contribution is 2.22. The van der Waals surface area contributed by atoms with Gasteiger partial charge in [0.25, 0.3) is 0 Å². The number of rotatable bonds is 1. The zero-order valence-electron chi connectivity index (χ0n) is 7.21. The lowest BCUT2D eigenvalue weighted by Gasteiger charge is -2.00. The molecule has 0 saturated carbocycles. The Morgan fingerprint density at radius 3 is 3.00 bits per heavy atom. The molecule has 2 rings (SSSR count). The standard InChI is InChI=1S/C9H10ClN3/c1-5(11)9-7-3-2-6(10)4-8(7)12-13-9/h2-5H,11H2,1H3,(H,12,13). The quantitative estimate of drug-likeness (QED) is 0.733. The van der Waals surface area contributed by atoms with Gasteiger partial charge >= 0.3 is 0 Å². The van der Waals surface area contributed by atoms with Gasteiger partial charge < -0.3 is 5.73 Å². The number of benzene rings is 1. The Balaban J connectivity index is 2.69. The van der Waals surface area contributed by atoms with E-state index in [2.05, 4.69) is 10.2 Å². The van der Waals surface area contributed by atoms with E-state index in [-0.39, 0.29) is 6.04 Å². The second kappa shape index (κ2) is 3.01. The molecule has 13 heavy (non-hydrogen) atoms. The van der Waals surface area contributed by atoms with Gasteiger partial charge in [0.2, 0.25) is 0 Å². The highest BCUT2D eigenvalue weighted by atomic mass is 35.5. The molecule has 3 N–H and O–H groups in total. The lowest BCUT2D eigenvalue weighted by Crippen LogP contribution is -2.05. The van der Waals surface area contributed by atoms with Crippen LogP contribution in [0.5, 0.6) is 0 Å². The second-order valence-corrected chi connectivity index (χ2v) is 3.52. The Morgan fingerprint density at radius 2 is 2.31 bits per heavy atom. The Morgan fingerprint density at radius 1 is 1.54 bits per heavy atom. The van der Waals surface area contributed by atoms with Gasteiger partial charge in [-0.3, -0.25) is 5.10 Å². The topological polar surface area (TPSA) is 54.7 Å². The normalized spacial score (nSPS) is 13.5. The highest BCUT2D eigenvalue weighted by molar-refractivity contribution is 6.31. The number of halogens is 1. The van der Waals surface area contributed by atoms with Crippen LogP contribution in [-0.2, 0) is 0 Å². The Hall–Kier alpha value is -1.06. The maximum atomic E-state index is 5.82. The van der Waals surface area contributed by atoms with Gasteiger partial charge in [-0.2, -0.15) is 5.10 Å². The molecule has 2 aromatic rings. The van der Waals surface area contributed by atoms with Crippen LogP contribution in [-0.4, -0.2) is 10.2 Å². The molecule has 0 spiro atoms. The number of H-pyrrole nitrogens is 1. The molecule has 0 radical (unpaired) electrons. The van der Waals surface area contributed by atoms with Crippen LogP contribution in [0.3, 0.4) is 0 Å². The van der Waals surface area contributed by atoms with Gasteiger partial charge in [-0.25, -0.2) is 0 Å². The van der Waals surface area contributed by atoms with E-state index in [9.17, 15) is 0 Å². The van der Waals surface area contributed by atoms with Crippen molar-refractivity contribution in [2.24, 2.45) is 5.73 Å². The summed E-state index contributed by atoms with van der Waals surface area (Å²) in [5.41, 5.74) is 7.57. The number of nitrogens with one attached hydrogen (secondary N) is 1. The molecule has 0 bridgehead atoms. The van der Waals surface area contributed by atoms with Crippen LogP contribution in [0, 0.1) is 0 Å². The zero-order valence-corrected chi connectivity index (χ0v) is 7.97. The first-order valence-electron chi connectivity index (χ1n) is 4.07. The molecule has 1 heterocycles. The van der Waals surface area contributed by atoms with Crippen molar-refractivity contribution in [3.63, 3.8) is 0 Å². The predicted molar refractivity (Wildman–Crippen MR) is 53.7 cm³/mol. The molecule has 0 aliphatic rings. The van der Waals surface area contributed by atoms with E-state index in [1.54, 1.807) is 0 Å². The third-order valence-electron chi connectivity index (χ3n) is 2.00. The summed E-state index contributed by atoms with van der Waals surface area (Å²) in [5, 5.41) is 8.75. The summed E-state index contributed by atoms with van der Waals surface area (Å²) in [6, 6.07) is 5.55. The summed E-state index contributed by atoms with van der Waals surface area (Å²) in [5.74, 6) is 0. The molecular weight excluding hydrogens is 186 g/mol. The monoisotopic (exact) mass is 195 g/mol. The van der Waals surface area contributed by atoms with Crippen molar-refractivity contribution in [3.05, 3.63) is 28.9 Å². The van der Waals surface area contributed by atoms with Crippen LogP contribution in [0.2, 0.25) is 5.02 Å². The molecule has 1 atom stereocenters. The van der Waals surface area contributed by atoms with Gasteiger partial charge in [-0.05, 0) is 25.1 Å². The fourth-order valence-corrected chi connectivity index (χ4v) is 1.52. The second-order valence-electron chi connectivity index (χ2n) is 3.09. The maximum absolute atomic E-state index is 5.82. The molecule has 3 nitrogen and oxygen atoms in total. The molecule has 1 aromatic carbocycles. The number of aromatic nitrogens is 2. The SMILES string of the molecule is CC(N)c1[nH]nc2cc(Cl)ccc12. The molecular formula is C9H10ClN3. The van der Waals surface area contributed by atoms with E-state index in [0.29, 0.717) is 5.02 Å². The number of hydrogen-bond acceptors (Lipinski definition) is 2. The van der Waals surface area contributed by atoms with E-state index in [4.69, 9.17) is 17.3 Å². The number of hydrogen-bond donors (Lipinski definition) is 2. The average Bonchev–Trinajstić information content (AvgIpc) is 2.46. The summed E-state index contributed by atoms with van der Waals surface area (Å²) in [7, 11) is 0. The smallest absolute Gasteiger partial charge is 0.0939 e. The van der Waals surface area contributed by atoms with E-state index in [0.717, 1.165) is 16.6 Å². The summed E-state index contributed by atoms with van der Waals surface area (Å²) in [6.45, 7) is 1.92. The van der Waals surface area contributed by atoms with Gasteiger partial charge in [0, 0.05) is 16.5 Å². The molecule has 0 aliphatic carbocycles. The molecule has 1 unspecified atom stereocenters. The third-order valence-corrected chi connectivity index (χ3v) is 2.24. The minimum atomic E-state index is -0.0359. The largest absolute Gasteiger partial charge is 0.323 e. The van der Waals surface area contributed by atoms with Gasteiger partial charge in [0.15, 0.2) is 0 Å². The molecule has 68 valence electrons. The lowest BCUT2D eigenvalue weighted by atomic mass is 10.1. The van der Waals surface area contributed by atoms with E-state index in [1.807, 2.05) is 25.1 Å². The summed E-state index contributed by atoms with van der Waals surface area (Å²) in [6.07, 6.45) is 0. The van der Waals surface area contributed by atoms with Gasteiger partial charge in [-0.1, -0.05) is 11.6 Å². The maximum Gasteiger partial charge on any atom is 0.0939 e. The minimum Gasteiger partial charge on any atom is -0.323 e. The lowest BCUT2D eigenvalue weighted by molar-refractivity contribution is 0.779. The number of fused-ring (bicyclic) bond motifs is 1. The Labute approximate surface area is 80.9 Å². The molecule has 0 aliphatic heterocycles. The molecule has 4 heteroatoms. The number of nitrogens with two attached hydrogens (primary N) is 1. The van der Waals surface area contributed by atoms with Crippen LogP contribution >= 0.6 is 11.6 Å². The summed E-state index contributed by atoms with van der Waals surface area (Å²) < 4.78 is 0. The van der Waals surface area contributed by atoms with Crippen molar-refractivity contribution in [2.75, 3.05) is 0 Å². The van der Waals surface area contributed by atoms with Crippen LogP contribution < -0.4 is 5.73 Å². The van der Waals surface area contributed by atoms with Crippen LogP contribution in [0.25, 0.3) is 10.9 Å². The Bertz CT molecular complexity index is 433. The van der Waals surface area contributed by atoms with Crippen molar-refractivity contribution in [2.45, 2.75) is 13.0 Å². The fraction of sp³-hybridized carbons (Fsp3) is 0.222. The number of aromatic amines is 1. The van der Waals surface area contributed by atoms with Crippen LogP contribution in [0.1, 0.15) is 18.7 Å². The minimum absolute atomic E-state index is 0.0359. The van der Waals surface area contributed by atoms with E-state index in [1.165, 1.54) is 0 Å². The van der Waals surface area contributed by atoms with E-state index >= 15 is 0 Å². The molecule has 0 fully saturated rings. The first-order chi connectivity index (χ1) is 6.18. The Kier molecular flexibility index (Phi) is 1.98. The fourth-order valence-electron chi connectivity index (χ4n) is 1.35. The van der Waals surface area contributed by atoms with Crippen molar-refractivity contribution >= 4 is 22.5 Å². The third kappa shape index (κ3) is 1.41. The molecule has 0 saturated heterocycles. The van der Waals surface area contributed by atoms with Gasteiger partial charge in [0.05, 0.1) is 11.2 Å². The first-order valence-corrected chi connectivity index (χ1v) is 4.45. The number of nitrogens with zero attached hydrogens (tertiary/aromatic N) is 1. The van der Waals surface area contributed by atoms with E-state index < -0.39 is 0 Å². The molecule has 1 aromatic heterocycles. The van der Waals surface area contributed by atoms with Crippen molar-refractivity contribution in [3.8, 4) is 0 Å². The van der Waals surface area contributed by atoms with Crippen molar-refractivity contribution in [1.82, 2.24) is 10.2 Å². The van der Waals surface area contributed by atoms with Gasteiger partial charge in [0.1, 0.15) is 0 Å². The first kappa shape index (κ1) is 8.53. The summed E-state index contributed by atoms with van der Waals surface area (Å²) >= 11 is 5.82. The van der Waals surface area contributed by atoms with Crippen LogP contribution in [0.15, 0.2) is 18.2 Å². The van der Waals surface area contributed by atoms with Crippen molar-refractivity contribution < 1.29 is 0 Å². The average molecular weight is 196 g/mol. The van der Waals surface area contributed by atoms with Crippen molar-refractivity contribution in [1.29, 1.82) is 0 Å². The highest BCUT2D eigenvalue weighted by Gasteiger charge is 2.08.